The maximum atomic E-state index is 6.32. The summed E-state index contributed by atoms with van der Waals surface area (Å²) in [6.07, 6.45) is 9.68. The number of ether oxygens (including phenoxy) is 2. The second-order valence-electron chi connectivity index (χ2n) is 8.07. The van der Waals surface area contributed by atoms with E-state index < -0.39 is 0 Å². The molecular formula is C21H28N4O2S. The SMILES string of the molecule is c1cc2c(s1)C1(CCN(Cc3cnc(NCC4CCCO4)nc3)CC1)OCC2. The lowest BCUT2D eigenvalue weighted by Gasteiger charge is -2.43. The van der Waals surface area contributed by atoms with Crippen LogP contribution in [0.4, 0.5) is 5.95 Å². The lowest BCUT2D eigenvalue weighted by Crippen LogP contribution is -2.45. The third-order valence-corrected chi connectivity index (χ3v) is 7.34. The average molecular weight is 401 g/mol. The van der Waals surface area contributed by atoms with Gasteiger partial charge in [-0.3, -0.25) is 4.90 Å². The summed E-state index contributed by atoms with van der Waals surface area (Å²) in [5.41, 5.74) is 2.63. The van der Waals surface area contributed by atoms with Crippen LogP contribution in [0.3, 0.4) is 0 Å². The first-order valence-electron chi connectivity index (χ1n) is 10.4. The molecule has 0 radical (unpaired) electrons. The molecule has 5 rings (SSSR count). The van der Waals surface area contributed by atoms with Crippen molar-refractivity contribution in [3.63, 3.8) is 0 Å². The highest BCUT2D eigenvalue weighted by molar-refractivity contribution is 7.10. The van der Waals surface area contributed by atoms with Crippen molar-refractivity contribution in [1.82, 2.24) is 14.9 Å². The molecule has 28 heavy (non-hydrogen) atoms. The van der Waals surface area contributed by atoms with Gasteiger partial charge in [-0.1, -0.05) is 0 Å². The van der Waals surface area contributed by atoms with Crippen molar-refractivity contribution < 1.29 is 9.47 Å². The zero-order valence-corrected chi connectivity index (χ0v) is 17.0. The second-order valence-corrected chi connectivity index (χ2v) is 8.99. The number of hydrogen-bond acceptors (Lipinski definition) is 7. The maximum absolute atomic E-state index is 6.32. The van der Waals surface area contributed by atoms with Crippen LogP contribution in [0, 0.1) is 0 Å². The molecule has 2 aromatic heterocycles. The minimum Gasteiger partial charge on any atom is -0.376 e. The van der Waals surface area contributed by atoms with Crippen molar-refractivity contribution in [2.75, 3.05) is 38.2 Å². The first-order chi connectivity index (χ1) is 13.8. The van der Waals surface area contributed by atoms with Gasteiger partial charge in [0.05, 0.1) is 12.7 Å². The monoisotopic (exact) mass is 400 g/mol. The molecule has 150 valence electrons. The number of likely N-dealkylation sites (tertiary alicyclic amines) is 1. The molecule has 3 aliphatic rings. The molecule has 0 saturated carbocycles. The first kappa shape index (κ1) is 18.5. The fourth-order valence-corrected chi connectivity index (χ4v) is 5.76. The van der Waals surface area contributed by atoms with E-state index in [1.165, 1.54) is 16.0 Å². The summed E-state index contributed by atoms with van der Waals surface area (Å²) in [5.74, 6) is 0.692. The molecule has 6 nitrogen and oxygen atoms in total. The summed E-state index contributed by atoms with van der Waals surface area (Å²) in [7, 11) is 0. The van der Waals surface area contributed by atoms with Crippen LogP contribution < -0.4 is 5.32 Å². The van der Waals surface area contributed by atoms with E-state index in [4.69, 9.17) is 9.47 Å². The quantitative estimate of drug-likeness (QED) is 0.832. The van der Waals surface area contributed by atoms with Gasteiger partial charge in [-0.15, -0.1) is 11.3 Å². The Kier molecular flexibility index (Phi) is 5.32. The van der Waals surface area contributed by atoms with E-state index in [0.717, 1.165) is 71.5 Å². The van der Waals surface area contributed by atoms with Gasteiger partial charge < -0.3 is 14.8 Å². The zero-order chi connectivity index (χ0) is 18.8. The average Bonchev–Trinajstić information content (AvgIpc) is 3.42. The van der Waals surface area contributed by atoms with Crippen molar-refractivity contribution in [1.29, 1.82) is 0 Å². The Labute approximate surface area is 170 Å². The van der Waals surface area contributed by atoms with E-state index >= 15 is 0 Å². The summed E-state index contributed by atoms with van der Waals surface area (Å²) >= 11 is 1.87. The minimum atomic E-state index is -0.0369. The van der Waals surface area contributed by atoms with E-state index in [0.29, 0.717) is 12.1 Å². The Balaban J connectivity index is 1.14. The fourth-order valence-electron chi connectivity index (χ4n) is 4.59. The zero-order valence-electron chi connectivity index (χ0n) is 16.2. The van der Waals surface area contributed by atoms with Crippen LogP contribution in [-0.4, -0.2) is 53.8 Å². The van der Waals surface area contributed by atoms with Crippen LogP contribution in [0.5, 0.6) is 0 Å². The smallest absolute Gasteiger partial charge is 0.222 e. The van der Waals surface area contributed by atoms with Crippen LogP contribution in [0.15, 0.2) is 23.8 Å². The van der Waals surface area contributed by atoms with Gasteiger partial charge in [0.1, 0.15) is 5.60 Å². The normalized spacial score (nSPS) is 24.4. The number of anilines is 1. The number of fused-ring (bicyclic) bond motifs is 2. The molecule has 0 amide bonds. The van der Waals surface area contributed by atoms with Crippen LogP contribution >= 0.6 is 11.3 Å². The molecule has 2 saturated heterocycles. The van der Waals surface area contributed by atoms with E-state index in [1.807, 2.05) is 23.7 Å². The third-order valence-electron chi connectivity index (χ3n) is 6.20. The van der Waals surface area contributed by atoms with E-state index in [1.54, 1.807) is 0 Å². The van der Waals surface area contributed by atoms with Gasteiger partial charge in [-0.05, 0) is 49.1 Å². The molecule has 0 bridgehead atoms. The molecule has 0 aromatic carbocycles. The van der Waals surface area contributed by atoms with Gasteiger partial charge >= 0.3 is 0 Å². The van der Waals surface area contributed by atoms with Crippen LogP contribution in [0.25, 0.3) is 0 Å². The molecule has 5 heterocycles. The van der Waals surface area contributed by atoms with Crippen molar-refractivity contribution in [3.05, 3.63) is 39.8 Å². The highest BCUT2D eigenvalue weighted by atomic mass is 32.1. The second kappa shape index (κ2) is 8.06. The number of piperidine rings is 1. The molecule has 7 heteroatoms. The van der Waals surface area contributed by atoms with Gasteiger partial charge in [0, 0.05) is 55.6 Å². The predicted molar refractivity (Wildman–Crippen MR) is 110 cm³/mol. The van der Waals surface area contributed by atoms with Crippen molar-refractivity contribution in [3.8, 4) is 0 Å². The molecule has 1 atom stereocenters. The van der Waals surface area contributed by atoms with Crippen molar-refractivity contribution in [2.24, 2.45) is 0 Å². The molecule has 2 aromatic rings. The van der Waals surface area contributed by atoms with Gasteiger partial charge in [-0.25, -0.2) is 9.97 Å². The van der Waals surface area contributed by atoms with Crippen LogP contribution in [-0.2, 0) is 28.0 Å². The van der Waals surface area contributed by atoms with Crippen LogP contribution in [0.1, 0.15) is 41.7 Å². The summed E-state index contributed by atoms with van der Waals surface area (Å²) in [6.45, 7) is 5.53. The molecule has 1 spiro atoms. The van der Waals surface area contributed by atoms with Gasteiger partial charge in [0.2, 0.25) is 5.95 Å². The maximum Gasteiger partial charge on any atom is 0.222 e. The molecule has 1 unspecified atom stereocenters. The number of thiophene rings is 1. The molecule has 1 N–H and O–H groups in total. The topological polar surface area (TPSA) is 59.5 Å². The number of hydrogen-bond donors (Lipinski definition) is 1. The lowest BCUT2D eigenvalue weighted by molar-refractivity contribution is -0.0960. The van der Waals surface area contributed by atoms with Crippen LogP contribution in [0.2, 0.25) is 0 Å². The Morgan fingerprint density at radius 1 is 1.21 bits per heavy atom. The predicted octanol–water partition coefficient (Wildman–Crippen LogP) is 3.19. The fraction of sp³-hybridized carbons (Fsp3) is 0.619. The summed E-state index contributed by atoms with van der Waals surface area (Å²) < 4.78 is 11.9. The Hall–Kier alpha value is -1.54. The van der Waals surface area contributed by atoms with E-state index in [2.05, 4.69) is 31.6 Å². The highest BCUT2D eigenvalue weighted by Crippen LogP contribution is 2.44. The van der Waals surface area contributed by atoms with Gasteiger partial charge in [0.15, 0.2) is 0 Å². The molecule has 3 aliphatic heterocycles. The number of aromatic nitrogens is 2. The largest absolute Gasteiger partial charge is 0.376 e. The lowest BCUT2D eigenvalue weighted by atomic mass is 9.85. The van der Waals surface area contributed by atoms with Gasteiger partial charge in [0.25, 0.3) is 0 Å². The van der Waals surface area contributed by atoms with E-state index in [-0.39, 0.29) is 5.60 Å². The van der Waals surface area contributed by atoms with Gasteiger partial charge in [-0.2, -0.15) is 0 Å². The van der Waals surface area contributed by atoms with Crippen molar-refractivity contribution >= 4 is 17.3 Å². The molecule has 2 fully saturated rings. The molecule has 0 aliphatic carbocycles. The first-order valence-corrected chi connectivity index (χ1v) is 11.3. The minimum absolute atomic E-state index is 0.0369. The number of rotatable bonds is 5. The highest BCUT2D eigenvalue weighted by Gasteiger charge is 2.41. The standard InChI is InChI=1S/C21H28N4O2S/c1-2-18(26-9-1)14-24-20-22-12-16(13-23-20)15-25-7-5-21(6-8-25)19-17(3-10-27-21)4-11-28-19/h4,11-13,18H,1-3,5-10,14-15H2,(H,22,23,24). The summed E-state index contributed by atoms with van der Waals surface area (Å²) in [5, 5.41) is 5.51. The third kappa shape index (κ3) is 3.81. The van der Waals surface area contributed by atoms with E-state index in [9.17, 15) is 0 Å². The van der Waals surface area contributed by atoms with Crippen molar-refractivity contribution in [2.45, 2.75) is 50.4 Å². The Bertz CT molecular complexity index is 780. The Morgan fingerprint density at radius 2 is 2.07 bits per heavy atom. The summed E-state index contributed by atoms with van der Waals surface area (Å²) in [6, 6.07) is 2.28. The molecular weight excluding hydrogens is 372 g/mol. The summed E-state index contributed by atoms with van der Waals surface area (Å²) in [4.78, 5) is 12.9. The Morgan fingerprint density at radius 3 is 2.86 bits per heavy atom. The number of nitrogens with zero attached hydrogens (tertiary/aromatic N) is 3. The number of nitrogens with one attached hydrogen (secondary N) is 1.